The minimum absolute atomic E-state index is 0.150. The molecule has 0 unspecified atom stereocenters. The molecule has 1 aliphatic carbocycles. The number of hydrogen-bond donors (Lipinski definition) is 1. The van der Waals surface area contributed by atoms with E-state index in [0.717, 1.165) is 40.8 Å². The van der Waals surface area contributed by atoms with E-state index in [9.17, 15) is 0 Å². The third-order valence-corrected chi connectivity index (χ3v) is 5.96. The van der Waals surface area contributed by atoms with E-state index in [1.807, 2.05) is 31.3 Å². The Labute approximate surface area is 170 Å². The van der Waals surface area contributed by atoms with Gasteiger partial charge in [-0.3, -0.25) is 0 Å². The minimum atomic E-state index is -0.150. The van der Waals surface area contributed by atoms with Gasteiger partial charge in [-0.05, 0) is 48.6 Å². The van der Waals surface area contributed by atoms with Crippen LogP contribution >= 0.6 is 0 Å². The van der Waals surface area contributed by atoms with Crippen LogP contribution in [-0.2, 0) is 5.54 Å². The minimum Gasteiger partial charge on any atom is -0.347 e. The summed E-state index contributed by atoms with van der Waals surface area (Å²) >= 11 is 0. The first-order valence-corrected chi connectivity index (χ1v) is 10.1. The summed E-state index contributed by atoms with van der Waals surface area (Å²) < 4.78 is 2.23. The Kier molecular flexibility index (Phi) is 4.14. The molecule has 2 heterocycles. The van der Waals surface area contributed by atoms with Crippen LogP contribution in [0.2, 0.25) is 0 Å². The Hall–Kier alpha value is -3.18. The number of benzene rings is 2. The molecule has 1 aliphatic rings. The van der Waals surface area contributed by atoms with Gasteiger partial charge in [-0.2, -0.15) is 0 Å². The maximum atomic E-state index is 6.52. The second-order valence-corrected chi connectivity index (χ2v) is 8.12. The van der Waals surface area contributed by atoms with E-state index in [4.69, 9.17) is 10.7 Å². The smallest absolute Gasteiger partial charge is 0.225 e. The summed E-state index contributed by atoms with van der Waals surface area (Å²) in [5.41, 5.74) is 12.9. The third kappa shape index (κ3) is 2.98. The third-order valence-electron chi connectivity index (χ3n) is 5.96. The lowest BCUT2D eigenvalue weighted by atomic mass is 9.73. The van der Waals surface area contributed by atoms with Crippen molar-refractivity contribution in [3.8, 4) is 16.9 Å². The van der Waals surface area contributed by atoms with E-state index in [1.165, 1.54) is 12.0 Å². The van der Waals surface area contributed by atoms with Gasteiger partial charge < -0.3 is 15.2 Å². The average molecular weight is 383 g/mol. The van der Waals surface area contributed by atoms with Crippen LogP contribution in [0.3, 0.4) is 0 Å². The molecule has 0 saturated heterocycles. The number of nitrogens with two attached hydrogens (primary N) is 1. The van der Waals surface area contributed by atoms with E-state index in [0.29, 0.717) is 5.95 Å². The fraction of sp³-hybridized carbons (Fsp3) is 0.250. The van der Waals surface area contributed by atoms with Gasteiger partial charge in [0.25, 0.3) is 0 Å². The molecule has 1 saturated carbocycles. The second kappa shape index (κ2) is 6.71. The van der Waals surface area contributed by atoms with Crippen LogP contribution < -0.4 is 10.6 Å². The quantitative estimate of drug-likeness (QED) is 0.564. The van der Waals surface area contributed by atoms with Crippen molar-refractivity contribution < 1.29 is 0 Å². The van der Waals surface area contributed by atoms with Gasteiger partial charge >= 0.3 is 0 Å². The highest BCUT2D eigenvalue weighted by atomic mass is 15.2. The first-order chi connectivity index (χ1) is 14.0. The van der Waals surface area contributed by atoms with Crippen molar-refractivity contribution in [1.29, 1.82) is 0 Å². The Bertz CT molecular complexity index is 1160. The number of anilines is 1. The molecule has 1 fully saturated rings. The zero-order valence-electron chi connectivity index (χ0n) is 16.8. The topological polar surface area (TPSA) is 60.0 Å². The molecule has 29 heavy (non-hydrogen) atoms. The highest BCUT2D eigenvalue weighted by Crippen LogP contribution is 2.39. The van der Waals surface area contributed by atoms with Gasteiger partial charge in [0.15, 0.2) is 0 Å². The molecule has 0 atom stereocenters. The van der Waals surface area contributed by atoms with Crippen molar-refractivity contribution in [2.75, 3.05) is 19.0 Å². The molecule has 2 aromatic carbocycles. The molecule has 2 aromatic heterocycles. The summed E-state index contributed by atoms with van der Waals surface area (Å²) in [7, 11) is 3.91. The molecular weight excluding hydrogens is 358 g/mol. The van der Waals surface area contributed by atoms with Crippen molar-refractivity contribution in [3.05, 3.63) is 72.4 Å². The monoisotopic (exact) mass is 383 g/mol. The fourth-order valence-corrected chi connectivity index (χ4v) is 4.08. The molecule has 5 heteroatoms. The summed E-state index contributed by atoms with van der Waals surface area (Å²) in [5.74, 6) is 0.708. The summed E-state index contributed by atoms with van der Waals surface area (Å²) in [5, 5.41) is 0. The average Bonchev–Trinajstić information content (AvgIpc) is 3.11. The maximum absolute atomic E-state index is 6.52. The molecule has 0 radical (unpaired) electrons. The van der Waals surface area contributed by atoms with Gasteiger partial charge in [0.2, 0.25) is 5.95 Å². The largest absolute Gasteiger partial charge is 0.347 e. The molecule has 4 aromatic rings. The summed E-state index contributed by atoms with van der Waals surface area (Å²) in [6.45, 7) is 0. The van der Waals surface area contributed by atoms with Gasteiger partial charge in [-0.25, -0.2) is 9.97 Å². The van der Waals surface area contributed by atoms with Crippen LogP contribution in [-0.4, -0.2) is 28.6 Å². The van der Waals surface area contributed by atoms with Crippen molar-refractivity contribution in [1.82, 2.24) is 14.5 Å². The first kappa shape index (κ1) is 17.9. The Morgan fingerprint density at radius 1 is 1.00 bits per heavy atom. The normalized spacial score (nSPS) is 15.3. The Balaban J connectivity index is 1.68. The van der Waals surface area contributed by atoms with Gasteiger partial charge in [-0.1, -0.05) is 42.5 Å². The van der Waals surface area contributed by atoms with E-state index in [-0.39, 0.29) is 5.54 Å². The van der Waals surface area contributed by atoms with Gasteiger partial charge in [0, 0.05) is 25.3 Å². The molecule has 2 N–H and O–H groups in total. The van der Waals surface area contributed by atoms with Crippen molar-refractivity contribution >= 4 is 17.0 Å². The SMILES string of the molecule is CN(C)c1ncc2c(cc(-c3ccccc3)n2-c2ccc(C3(N)CCC3)cc2)n1. The number of aromatic nitrogens is 3. The Morgan fingerprint density at radius 2 is 1.72 bits per heavy atom. The number of rotatable bonds is 4. The van der Waals surface area contributed by atoms with Gasteiger partial charge in [-0.15, -0.1) is 0 Å². The summed E-state index contributed by atoms with van der Waals surface area (Å²) in [4.78, 5) is 11.2. The molecule has 0 spiro atoms. The van der Waals surface area contributed by atoms with Gasteiger partial charge in [0.1, 0.15) is 0 Å². The summed E-state index contributed by atoms with van der Waals surface area (Å²) in [6, 6.07) is 21.2. The highest BCUT2D eigenvalue weighted by Gasteiger charge is 2.34. The number of nitrogens with zero attached hydrogens (tertiary/aromatic N) is 4. The van der Waals surface area contributed by atoms with Gasteiger partial charge in [0.05, 0.1) is 22.9 Å². The van der Waals surface area contributed by atoms with Crippen LogP contribution in [0.25, 0.3) is 28.0 Å². The zero-order chi connectivity index (χ0) is 20.0. The van der Waals surface area contributed by atoms with E-state index in [2.05, 4.69) is 64.1 Å². The van der Waals surface area contributed by atoms with Crippen LogP contribution in [0.5, 0.6) is 0 Å². The highest BCUT2D eigenvalue weighted by molar-refractivity contribution is 5.86. The molecule has 5 rings (SSSR count). The molecule has 0 amide bonds. The molecule has 0 bridgehead atoms. The first-order valence-electron chi connectivity index (χ1n) is 10.1. The summed E-state index contributed by atoms with van der Waals surface area (Å²) in [6.07, 6.45) is 5.25. The Morgan fingerprint density at radius 3 is 2.34 bits per heavy atom. The van der Waals surface area contributed by atoms with Crippen molar-refractivity contribution in [2.45, 2.75) is 24.8 Å². The standard InChI is InChI=1S/C24H25N5/c1-28(2)23-26-16-22-20(27-23)15-21(17-7-4-3-5-8-17)29(22)19-11-9-18(10-12-19)24(25)13-6-14-24/h3-5,7-12,15-16H,6,13-14,25H2,1-2H3. The molecular formula is C24H25N5. The maximum Gasteiger partial charge on any atom is 0.225 e. The van der Waals surface area contributed by atoms with Crippen molar-refractivity contribution in [2.24, 2.45) is 5.73 Å². The lowest BCUT2D eigenvalue weighted by Crippen LogP contribution is -2.43. The molecule has 5 nitrogen and oxygen atoms in total. The van der Waals surface area contributed by atoms with Crippen LogP contribution in [0.15, 0.2) is 66.9 Å². The van der Waals surface area contributed by atoms with Crippen LogP contribution in [0.4, 0.5) is 5.95 Å². The zero-order valence-corrected chi connectivity index (χ0v) is 16.8. The lowest BCUT2D eigenvalue weighted by Gasteiger charge is -2.38. The predicted octanol–water partition coefficient (Wildman–Crippen LogP) is 4.49. The van der Waals surface area contributed by atoms with Crippen LogP contribution in [0, 0.1) is 0 Å². The van der Waals surface area contributed by atoms with E-state index < -0.39 is 0 Å². The number of fused-ring (bicyclic) bond motifs is 1. The van der Waals surface area contributed by atoms with Crippen LogP contribution in [0.1, 0.15) is 24.8 Å². The van der Waals surface area contributed by atoms with E-state index in [1.54, 1.807) is 0 Å². The number of hydrogen-bond acceptors (Lipinski definition) is 4. The predicted molar refractivity (Wildman–Crippen MR) is 118 cm³/mol. The second-order valence-electron chi connectivity index (χ2n) is 8.12. The fourth-order valence-electron chi connectivity index (χ4n) is 4.08. The van der Waals surface area contributed by atoms with E-state index >= 15 is 0 Å². The molecule has 0 aliphatic heterocycles. The molecule has 146 valence electrons. The van der Waals surface area contributed by atoms with Crippen molar-refractivity contribution in [3.63, 3.8) is 0 Å². The lowest BCUT2D eigenvalue weighted by molar-refractivity contribution is 0.253.